The zero-order valence-electron chi connectivity index (χ0n) is 8.28. The van der Waals surface area contributed by atoms with Crippen molar-refractivity contribution in [2.24, 2.45) is 0 Å². The monoisotopic (exact) mass is 294 g/mol. The van der Waals surface area contributed by atoms with Gasteiger partial charge in [0.25, 0.3) is 0 Å². The largest absolute Gasteiger partial charge is 0.0928 e. The van der Waals surface area contributed by atoms with Crippen LogP contribution in [0.15, 0.2) is 18.2 Å². The van der Waals surface area contributed by atoms with E-state index in [1.807, 2.05) is 18.2 Å². The zero-order chi connectivity index (χ0) is 10.8. The molecule has 0 aliphatic rings. The fourth-order valence-corrected chi connectivity index (χ4v) is 2.59. The first-order valence-electron chi connectivity index (χ1n) is 4.49. The molecule has 1 aromatic rings. The molecule has 3 heteroatoms. The lowest BCUT2D eigenvalue weighted by Gasteiger charge is -2.24. The van der Waals surface area contributed by atoms with Gasteiger partial charge < -0.3 is 0 Å². The summed E-state index contributed by atoms with van der Waals surface area (Å²) in [6.07, 6.45) is 1.07. The molecule has 0 fully saturated rings. The van der Waals surface area contributed by atoms with Crippen molar-refractivity contribution < 1.29 is 0 Å². The molecule has 0 bridgehead atoms. The van der Waals surface area contributed by atoms with Crippen LogP contribution in [-0.4, -0.2) is 5.33 Å². The third-order valence-electron chi connectivity index (χ3n) is 2.42. The number of alkyl halides is 1. The number of hydrogen-bond donors (Lipinski definition) is 0. The second-order valence-corrected chi connectivity index (χ2v) is 5.56. The Hall–Kier alpha value is 0.280. The number of rotatable bonds is 3. The van der Waals surface area contributed by atoms with Crippen molar-refractivity contribution in [2.75, 3.05) is 5.33 Å². The second-order valence-electron chi connectivity index (χ2n) is 3.95. The summed E-state index contributed by atoms with van der Waals surface area (Å²) in [5.74, 6) is 0. The van der Waals surface area contributed by atoms with E-state index in [-0.39, 0.29) is 5.41 Å². The van der Waals surface area contributed by atoms with E-state index in [9.17, 15) is 0 Å². The lowest BCUT2D eigenvalue weighted by atomic mass is 9.82. The lowest BCUT2D eigenvalue weighted by molar-refractivity contribution is 0.512. The molecular weight excluding hydrogens is 283 g/mol. The Kier molecular flexibility index (Phi) is 4.30. The Balaban J connectivity index is 3.01. The zero-order valence-corrected chi connectivity index (χ0v) is 11.4. The Labute approximate surface area is 104 Å². The Morgan fingerprint density at radius 1 is 1.21 bits per heavy atom. The molecule has 0 nitrogen and oxygen atoms in total. The van der Waals surface area contributed by atoms with Crippen LogP contribution in [0.3, 0.4) is 0 Å². The standard InChI is InChI=1S/C11H13BrCl2/c1-11(2,5-6-12)8-3-4-9(13)10(14)7-8/h3-4,7H,5-6H2,1-2H3. The molecule has 14 heavy (non-hydrogen) atoms. The maximum absolute atomic E-state index is 5.98. The molecule has 0 saturated carbocycles. The van der Waals surface area contributed by atoms with Crippen LogP contribution in [0.4, 0.5) is 0 Å². The summed E-state index contributed by atoms with van der Waals surface area (Å²) >= 11 is 15.3. The van der Waals surface area contributed by atoms with Gasteiger partial charge in [-0.1, -0.05) is 59.0 Å². The Morgan fingerprint density at radius 3 is 2.36 bits per heavy atom. The highest BCUT2D eigenvalue weighted by molar-refractivity contribution is 9.09. The van der Waals surface area contributed by atoms with Crippen molar-refractivity contribution in [2.45, 2.75) is 25.7 Å². The minimum absolute atomic E-state index is 0.137. The summed E-state index contributed by atoms with van der Waals surface area (Å²) in [4.78, 5) is 0. The fourth-order valence-electron chi connectivity index (χ4n) is 1.30. The van der Waals surface area contributed by atoms with E-state index in [2.05, 4.69) is 29.8 Å². The summed E-state index contributed by atoms with van der Waals surface area (Å²) in [5, 5.41) is 2.23. The molecule has 0 amide bonds. The van der Waals surface area contributed by atoms with E-state index in [0.717, 1.165) is 11.8 Å². The molecule has 0 saturated heterocycles. The molecule has 0 radical (unpaired) electrons. The molecule has 0 atom stereocenters. The van der Waals surface area contributed by atoms with Crippen LogP contribution in [0, 0.1) is 0 Å². The molecule has 0 aromatic heterocycles. The van der Waals surface area contributed by atoms with Gasteiger partial charge in [-0.25, -0.2) is 0 Å². The van der Waals surface area contributed by atoms with Gasteiger partial charge in [-0.05, 0) is 29.5 Å². The normalized spacial score (nSPS) is 11.8. The first kappa shape index (κ1) is 12.4. The molecule has 78 valence electrons. The van der Waals surface area contributed by atoms with Gasteiger partial charge in [0.15, 0.2) is 0 Å². The minimum atomic E-state index is 0.137. The molecule has 0 heterocycles. The van der Waals surface area contributed by atoms with Gasteiger partial charge in [0.2, 0.25) is 0 Å². The Morgan fingerprint density at radius 2 is 1.86 bits per heavy atom. The van der Waals surface area contributed by atoms with E-state index in [1.54, 1.807) is 0 Å². The third kappa shape index (κ3) is 2.88. The minimum Gasteiger partial charge on any atom is -0.0928 e. The van der Waals surface area contributed by atoms with Crippen molar-refractivity contribution in [1.82, 2.24) is 0 Å². The average molecular weight is 296 g/mol. The van der Waals surface area contributed by atoms with Crippen LogP contribution in [-0.2, 0) is 5.41 Å². The second kappa shape index (κ2) is 4.87. The van der Waals surface area contributed by atoms with Crippen LogP contribution < -0.4 is 0 Å². The molecule has 0 unspecified atom stereocenters. The predicted octanol–water partition coefficient (Wildman–Crippen LogP) is 5.06. The van der Waals surface area contributed by atoms with Gasteiger partial charge in [0.05, 0.1) is 10.0 Å². The maximum atomic E-state index is 5.98. The molecule has 0 aliphatic heterocycles. The lowest BCUT2D eigenvalue weighted by Crippen LogP contribution is -2.17. The molecule has 1 aromatic carbocycles. The van der Waals surface area contributed by atoms with E-state index in [1.165, 1.54) is 5.56 Å². The van der Waals surface area contributed by atoms with Gasteiger partial charge in [-0.15, -0.1) is 0 Å². The van der Waals surface area contributed by atoms with Crippen LogP contribution in [0.2, 0.25) is 10.0 Å². The van der Waals surface area contributed by atoms with Crippen molar-refractivity contribution in [3.05, 3.63) is 33.8 Å². The summed E-state index contributed by atoms with van der Waals surface area (Å²) < 4.78 is 0. The van der Waals surface area contributed by atoms with Gasteiger partial charge in [0, 0.05) is 5.33 Å². The third-order valence-corrected chi connectivity index (χ3v) is 3.56. The molecule has 0 N–H and O–H groups in total. The average Bonchev–Trinajstić information content (AvgIpc) is 2.09. The van der Waals surface area contributed by atoms with E-state index >= 15 is 0 Å². The molecule has 0 aliphatic carbocycles. The predicted molar refractivity (Wildman–Crippen MR) is 67.9 cm³/mol. The number of halogens is 3. The van der Waals surface area contributed by atoms with E-state index < -0.39 is 0 Å². The first-order chi connectivity index (χ1) is 6.47. The summed E-state index contributed by atoms with van der Waals surface area (Å²) in [7, 11) is 0. The topological polar surface area (TPSA) is 0 Å². The van der Waals surface area contributed by atoms with Gasteiger partial charge in [0.1, 0.15) is 0 Å². The van der Waals surface area contributed by atoms with Crippen molar-refractivity contribution >= 4 is 39.1 Å². The number of hydrogen-bond acceptors (Lipinski definition) is 0. The van der Waals surface area contributed by atoms with E-state index in [0.29, 0.717) is 10.0 Å². The summed E-state index contributed by atoms with van der Waals surface area (Å²) in [6.45, 7) is 4.40. The van der Waals surface area contributed by atoms with Crippen molar-refractivity contribution in [1.29, 1.82) is 0 Å². The van der Waals surface area contributed by atoms with Crippen LogP contribution in [0.25, 0.3) is 0 Å². The van der Waals surface area contributed by atoms with Crippen LogP contribution >= 0.6 is 39.1 Å². The van der Waals surface area contributed by atoms with Gasteiger partial charge in [-0.2, -0.15) is 0 Å². The highest BCUT2D eigenvalue weighted by atomic mass is 79.9. The van der Waals surface area contributed by atoms with Crippen molar-refractivity contribution in [3.63, 3.8) is 0 Å². The van der Waals surface area contributed by atoms with Crippen LogP contribution in [0.1, 0.15) is 25.8 Å². The molecule has 0 spiro atoms. The summed E-state index contributed by atoms with van der Waals surface area (Å²) in [5.41, 5.74) is 1.36. The highest BCUT2D eigenvalue weighted by Crippen LogP contribution is 2.32. The highest BCUT2D eigenvalue weighted by Gasteiger charge is 2.20. The first-order valence-corrected chi connectivity index (χ1v) is 6.36. The maximum Gasteiger partial charge on any atom is 0.0595 e. The smallest absolute Gasteiger partial charge is 0.0595 e. The summed E-state index contributed by atoms with van der Waals surface area (Å²) in [6, 6.07) is 5.85. The SMILES string of the molecule is CC(C)(CCBr)c1ccc(Cl)c(Cl)c1. The van der Waals surface area contributed by atoms with Gasteiger partial charge >= 0.3 is 0 Å². The quantitative estimate of drug-likeness (QED) is 0.684. The fraction of sp³-hybridized carbons (Fsp3) is 0.455. The van der Waals surface area contributed by atoms with Gasteiger partial charge in [-0.3, -0.25) is 0 Å². The van der Waals surface area contributed by atoms with E-state index in [4.69, 9.17) is 23.2 Å². The number of benzene rings is 1. The molecular formula is C11H13BrCl2. The van der Waals surface area contributed by atoms with Crippen molar-refractivity contribution in [3.8, 4) is 0 Å². The van der Waals surface area contributed by atoms with Crippen LogP contribution in [0.5, 0.6) is 0 Å². The Bertz CT molecular complexity index is 321. The molecule has 1 rings (SSSR count).